The number of hydrogen-bond acceptors (Lipinski definition) is 7. The lowest BCUT2D eigenvalue weighted by Gasteiger charge is -2.31. The van der Waals surface area contributed by atoms with Crippen LogP contribution >= 0.6 is 0 Å². The maximum absolute atomic E-state index is 12.5. The molecule has 0 spiro atoms. The van der Waals surface area contributed by atoms with Gasteiger partial charge in [-0.05, 0) is 43.5 Å². The van der Waals surface area contributed by atoms with Gasteiger partial charge in [0, 0.05) is 32.3 Å². The lowest BCUT2D eigenvalue weighted by atomic mass is 9.97. The van der Waals surface area contributed by atoms with E-state index in [0.29, 0.717) is 61.7 Å². The Morgan fingerprint density at radius 1 is 1.09 bits per heavy atom. The van der Waals surface area contributed by atoms with Crippen LogP contribution in [0.4, 0.5) is 17.2 Å². The van der Waals surface area contributed by atoms with Crippen LogP contribution in [0.3, 0.4) is 0 Å². The van der Waals surface area contributed by atoms with Gasteiger partial charge in [-0.1, -0.05) is 12.1 Å². The first-order valence-corrected chi connectivity index (χ1v) is 11.3. The standard InChI is InChI=1S/C24H27N5O5/c25-23(32)17-7-8-20(26-14-17)28-12-9-16(10-13-28)24(33)34-15-21(30)27-18-4-1-2-5-19(18)29-11-3-6-22(29)31/h1-2,4-5,7-8,14,16H,3,6,9-13,15H2,(H2,25,32)(H,27,30). The van der Waals surface area contributed by atoms with Crippen LogP contribution in [-0.4, -0.2) is 54.9 Å². The third-order valence-electron chi connectivity index (χ3n) is 6.07. The molecule has 2 saturated heterocycles. The lowest BCUT2D eigenvalue weighted by molar-refractivity contribution is -0.152. The molecule has 10 nitrogen and oxygen atoms in total. The average molecular weight is 466 g/mol. The number of esters is 1. The van der Waals surface area contributed by atoms with Crippen molar-refractivity contribution in [3.63, 3.8) is 0 Å². The molecule has 0 radical (unpaired) electrons. The van der Waals surface area contributed by atoms with Gasteiger partial charge >= 0.3 is 5.97 Å². The zero-order valence-corrected chi connectivity index (χ0v) is 18.7. The number of piperidine rings is 1. The van der Waals surface area contributed by atoms with Gasteiger partial charge in [0.15, 0.2) is 6.61 Å². The molecule has 0 saturated carbocycles. The van der Waals surface area contributed by atoms with Crippen molar-refractivity contribution in [3.8, 4) is 0 Å². The highest BCUT2D eigenvalue weighted by Gasteiger charge is 2.28. The molecule has 2 aliphatic rings. The van der Waals surface area contributed by atoms with Crippen LogP contribution in [0.1, 0.15) is 36.0 Å². The molecule has 4 rings (SSSR count). The molecule has 1 aromatic carbocycles. The highest BCUT2D eigenvalue weighted by Crippen LogP contribution is 2.29. The predicted octanol–water partition coefficient (Wildman–Crippen LogP) is 1.71. The van der Waals surface area contributed by atoms with E-state index in [2.05, 4.69) is 10.3 Å². The second kappa shape index (κ2) is 10.3. The van der Waals surface area contributed by atoms with Crippen LogP contribution in [0.2, 0.25) is 0 Å². The molecule has 3 N–H and O–H groups in total. The minimum Gasteiger partial charge on any atom is -0.455 e. The Hall–Kier alpha value is -3.95. The topological polar surface area (TPSA) is 135 Å². The number of nitrogens with zero attached hydrogens (tertiary/aromatic N) is 3. The number of rotatable bonds is 7. The molecule has 178 valence electrons. The van der Waals surface area contributed by atoms with Gasteiger partial charge in [-0.2, -0.15) is 0 Å². The first-order valence-electron chi connectivity index (χ1n) is 11.3. The number of nitrogens with two attached hydrogens (primary N) is 1. The quantitative estimate of drug-likeness (QED) is 0.594. The third kappa shape index (κ3) is 5.33. The Morgan fingerprint density at radius 3 is 2.50 bits per heavy atom. The van der Waals surface area contributed by atoms with Crippen molar-refractivity contribution in [2.45, 2.75) is 25.7 Å². The SMILES string of the molecule is NC(=O)c1ccc(N2CCC(C(=O)OCC(=O)Nc3ccccc3N3CCCC3=O)CC2)nc1. The number of hydrogen-bond donors (Lipinski definition) is 2. The molecule has 34 heavy (non-hydrogen) atoms. The van der Waals surface area contributed by atoms with E-state index in [0.717, 1.165) is 6.42 Å². The number of nitrogens with one attached hydrogen (secondary N) is 1. The van der Waals surface area contributed by atoms with Crippen LogP contribution < -0.4 is 20.9 Å². The number of pyridine rings is 1. The number of para-hydroxylation sites is 2. The summed E-state index contributed by atoms with van der Waals surface area (Å²) in [5.74, 6) is -0.954. The van der Waals surface area contributed by atoms with Gasteiger partial charge in [-0.3, -0.25) is 19.2 Å². The van der Waals surface area contributed by atoms with Gasteiger partial charge in [0.25, 0.3) is 5.91 Å². The van der Waals surface area contributed by atoms with Gasteiger partial charge in [0.1, 0.15) is 5.82 Å². The van der Waals surface area contributed by atoms with Crippen LogP contribution in [0, 0.1) is 5.92 Å². The third-order valence-corrected chi connectivity index (χ3v) is 6.07. The molecule has 3 amide bonds. The Morgan fingerprint density at radius 2 is 1.85 bits per heavy atom. The van der Waals surface area contributed by atoms with Crippen molar-refractivity contribution in [2.75, 3.05) is 41.4 Å². The van der Waals surface area contributed by atoms with Crippen molar-refractivity contribution < 1.29 is 23.9 Å². The Labute approximate surface area is 197 Å². The zero-order valence-electron chi connectivity index (χ0n) is 18.7. The highest BCUT2D eigenvalue weighted by molar-refractivity contribution is 6.02. The molecule has 0 aliphatic carbocycles. The van der Waals surface area contributed by atoms with E-state index >= 15 is 0 Å². The highest BCUT2D eigenvalue weighted by atomic mass is 16.5. The van der Waals surface area contributed by atoms with Gasteiger partial charge in [-0.15, -0.1) is 0 Å². The van der Waals surface area contributed by atoms with Gasteiger partial charge < -0.3 is 25.6 Å². The van der Waals surface area contributed by atoms with Crippen LogP contribution in [0.25, 0.3) is 0 Å². The van der Waals surface area contributed by atoms with E-state index in [1.807, 2.05) is 11.0 Å². The molecule has 2 aliphatic heterocycles. The molecule has 10 heteroatoms. The summed E-state index contributed by atoms with van der Waals surface area (Å²) in [4.78, 5) is 56.1. The molecular formula is C24H27N5O5. The summed E-state index contributed by atoms with van der Waals surface area (Å²) in [6.07, 6.45) is 3.85. The Balaban J connectivity index is 1.25. The van der Waals surface area contributed by atoms with E-state index in [-0.39, 0.29) is 11.8 Å². The summed E-state index contributed by atoms with van der Waals surface area (Å²) in [7, 11) is 0. The molecular weight excluding hydrogens is 438 g/mol. The summed E-state index contributed by atoms with van der Waals surface area (Å²) in [6.45, 7) is 1.43. The maximum Gasteiger partial charge on any atom is 0.309 e. The van der Waals surface area contributed by atoms with Crippen molar-refractivity contribution in [2.24, 2.45) is 11.7 Å². The summed E-state index contributed by atoms with van der Waals surface area (Å²) in [5, 5.41) is 2.75. The number of anilines is 3. The minimum atomic E-state index is -0.530. The van der Waals surface area contributed by atoms with Crippen molar-refractivity contribution in [1.82, 2.24) is 4.98 Å². The second-order valence-electron chi connectivity index (χ2n) is 8.35. The largest absolute Gasteiger partial charge is 0.455 e. The summed E-state index contributed by atoms with van der Waals surface area (Å²) in [6, 6.07) is 10.5. The number of amides is 3. The molecule has 2 aromatic rings. The van der Waals surface area contributed by atoms with Crippen LogP contribution in [0.15, 0.2) is 42.6 Å². The Kier molecular flexibility index (Phi) is 7.05. The fraction of sp³-hybridized carbons (Fsp3) is 0.375. The normalized spacial score (nSPS) is 16.4. The maximum atomic E-state index is 12.5. The summed E-state index contributed by atoms with van der Waals surface area (Å²) < 4.78 is 5.27. The molecule has 0 unspecified atom stereocenters. The van der Waals surface area contributed by atoms with E-state index in [9.17, 15) is 19.2 Å². The number of carbonyl (C=O) groups excluding carboxylic acids is 4. The van der Waals surface area contributed by atoms with Crippen LogP contribution in [0.5, 0.6) is 0 Å². The molecule has 0 bridgehead atoms. The van der Waals surface area contributed by atoms with E-state index in [1.165, 1.54) is 6.20 Å². The van der Waals surface area contributed by atoms with Gasteiger partial charge in [0.2, 0.25) is 11.8 Å². The first-order chi connectivity index (χ1) is 16.4. The number of carbonyl (C=O) groups is 4. The minimum absolute atomic E-state index is 0.0264. The van der Waals surface area contributed by atoms with Gasteiger partial charge in [0.05, 0.1) is 22.9 Å². The van der Waals surface area contributed by atoms with E-state index in [4.69, 9.17) is 10.5 Å². The van der Waals surface area contributed by atoms with Crippen LogP contribution in [-0.2, 0) is 19.1 Å². The zero-order chi connectivity index (χ0) is 24.1. The second-order valence-corrected chi connectivity index (χ2v) is 8.35. The number of benzene rings is 1. The van der Waals surface area contributed by atoms with Crippen molar-refractivity contribution in [1.29, 1.82) is 0 Å². The number of ether oxygens (including phenoxy) is 1. The van der Waals surface area contributed by atoms with E-state index in [1.54, 1.807) is 35.2 Å². The Bertz CT molecular complexity index is 1080. The fourth-order valence-electron chi connectivity index (χ4n) is 4.22. The summed E-state index contributed by atoms with van der Waals surface area (Å²) in [5.41, 5.74) is 6.75. The van der Waals surface area contributed by atoms with Crippen molar-refractivity contribution in [3.05, 3.63) is 48.2 Å². The molecule has 1 aromatic heterocycles. The number of primary amides is 1. The van der Waals surface area contributed by atoms with Gasteiger partial charge in [-0.25, -0.2) is 4.98 Å². The monoisotopic (exact) mass is 465 g/mol. The number of aromatic nitrogens is 1. The average Bonchev–Trinajstić information content (AvgIpc) is 3.28. The molecule has 0 atom stereocenters. The van der Waals surface area contributed by atoms with Crippen molar-refractivity contribution >= 4 is 40.9 Å². The fourth-order valence-corrected chi connectivity index (χ4v) is 4.22. The smallest absolute Gasteiger partial charge is 0.309 e. The van der Waals surface area contributed by atoms with E-state index < -0.39 is 24.4 Å². The molecule has 2 fully saturated rings. The molecule has 3 heterocycles. The summed E-state index contributed by atoms with van der Waals surface area (Å²) >= 11 is 0. The first kappa shape index (κ1) is 23.2. The lowest BCUT2D eigenvalue weighted by Crippen LogP contribution is -2.38. The predicted molar refractivity (Wildman–Crippen MR) is 125 cm³/mol.